The van der Waals surface area contributed by atoms with Gasteiger partial charge in [0.2, 0.25) is 0 Å². The van der Waals surface area contributed by atoms with Gasteiger partial charge in [-0.15, -0.1) is 0 Å². The van der Waals surface area contributed by atoms with E-state index in [1.165, 1.54) is 19.1 Å². The molecule has 0 aliphatic heterocycles. The number of nitrogens with one attached hydrogen (secondary N) is 1. The van der Waals surface area contributed by atoms with Gasteiger partial charge in [0.1, 0.15) is 0 Å². The zero-order valence-corrected chi connectivity index (χ0v) is 14.0. The zero-order valence-electron chi connectivity index (χ0n) is 12.5. The highest BCUT2D eigenvalue weighted by Gasteiger charge is 2.22. The Morgan fingerprint density at radius 2 is 2.18 bits per heavy atom. The Bertz CT molecular complexity index is 549. The third-order valence-electron chi connectivity index (χ3n) is 3.90. The van der Waals surface area contributed by atoms with E-state index in [4.69, 9.17) is 28.0 Å². The van der Waals surface area contributed by atoms with Gasteiger partial charge in [-0.3, -0.25) is 4.79 Å². The first kappa shape index (κ1) is 17.1. The number of hydrogen-bond acceptors (Lipinski definition) is 3. The standard InChI is InChI=1S/C16H20Cl2N2O2/c1-11-5-2-3-8-14(11)20-15(21)10-22-19-9-12-6-4-7-13(17)16(12)18/h4,6-7,9,11,14H,2-3,5,8,10H2,1H3,(H,20,21)/b19-9-/t11-,14-/m1/s1. The van der Waals surface area contributed by atoms with Gasteiger partial charge in [0.25, 0.3) is 5.91 Å². The molecule has 0 spiro atoms. The van der Waals surface area contributed by atoms with Crippen LogP contribution in [0.5, 0.6) is 0 Å². The minimum atomic E-state index is -0.145. The molecule has 0 aromatic heterocycles. The van der Waals surface area contributed by atoms with Crippen LogP contribution in [0, 0.1) is 5.92 Å². The molecule has 2 rings (SSSR count). The van der Waals surface area contributed by atoms with Gasteiger partial charge in [-0.05, 0) is 24.8 Å². The molecule has 1 aliphatic carbocycles. The summed E-state index contributed by atoms with van der Waals surface area (Å²) in [5, 5.41) is 7.64. The van der Waals surface area contributed by atoms with Crippen molar-refractivity contribution in [1.82, 2.24) is 5.32 Å². The molecule has 1 aliphatic rings. The van der Waals surface area contributed by atoms with E-state index in [2.05, 4.69) is 17.4 Å². The molecule has 0 saturated heterocycles. The normalized spacial score (nSPS) is 21.8. The maximum Gasteiger partial charge on any atom is 0.261 e. The largest absolute Gasteiger partial charge is 0.386 e. The average molecular weight is 343 g/mol. The maximum atomic E-state index is 11.8. The molecule has 22 heavy (non-hydrogen) atoms. The third-order valence-corrected chi connectivity index (χ3v) is 4.73. The summed E-state index contributed by atoms with van der Waals surface area (Å²) in [4.78, 5) is 16.9. The van der Waals surface area contributed by atoms with Gasteiger partial charge in [-0.1, -0.05) is 60.3 Å². The summed E-state index contributed by atoms with van der Waals surface area (Å²) in [5.41, 5.74) is 0.649. The van der Waals surface area contributed by atoms with Gasteiger partial charge >= 0.3 is 0 Å². The highest BCUT2D eigenvalue weighted by molar-refractivity contribution is 6.43. The van der Waals surface area contributed by atoms with E-state index in [9.17, 15) is 4.79 Å². The molecular weight excluding hydrogens is 323 g/mol. The van der Waals surface area contributed by atoms with Crippen LogP contribution in [0.25, 0.3) is 0 Å². The maximum absolute atomic E-state index is 11.8. The van der Waals surface area contributed by atoms with Crippen LogP contribution >= 0.6 is 23.2 Å². The van der Waals surface area contributed by atoms with E-state index < -0.39 is 0 Å². The van der Waals surface area contributed by atoms with Crippen LogP contribution in [0.1, 0.15) is 38.2 Å². The Kier molecular flexibility index (Phi) is 6.52. The van der Waals surface area contributed by atoms with Crippen molar-refractivity contribution in [3.8, 4) is 0 Å². The molecule has 6 heteroatoms. The van der Waals surface area contributed by atoms with Crippen LogP contribution in [0.3, 0.4) is 0 Å². The highest BCUT2D eigenvalue weighted by Crippen LogP contribution is 2.24. The van der Waals surface area contributed by atoms with Crippen molar-refractivity contribution >= 4 is 35.3 Å². The van der Waals surface area contributed by atoms with Crippen LogP contribution in [0.4, 0.5) is 0 Å². The lowest BCUT2D eigenvalue weighted by Crippen LogP contribution is -2.42. The number of rotatable bonds is 5. The number of oxime groups is 1. The molecular formula is C16H20Cl2N2O2. The predicted molar refractivity (Wildman–Crippen MR) is 89.6 cm³/mol. The van der Waals surface area contributed by atoms with E-state index in [-0.39, 0.29) is 18.6 Å². The van der Waals surface area contributed by atoms with E-state index in [1.54, 1.807) is 18.2 Å². The van der Waals surface area contributed by atoms with Gasteiger partial charge in [0, 0.05) is 11.6 Å². The first-order valence-electron chi connectivity index (χ1n) is 7.46. The fraction of sp³-hybridized carbons (Fsp3) is 0.500. The minimum Gasteiger partial charge on any atom is -0.386 e. The molecule has 1 aromatic carbocycles. The lowest BCUT2D eigenvalue weighted by molar-refractivity contribution is -0.126. The second-order valence-corrected chi connectivity index (χ2v) is 6.37. The number of nitrogens with zero attached hydrogens (tertiary/aromatic N) is 1. The predicted octanol–water partition coefficient (Wildman–Crippen LogP) is 4.04. The SMILES string of the molecule is C[C@@H]1CCCC[C@H]1NC(=O)CO/N=C\c1cccc(Cl)c1Cl. The first-order chi connectivity index (χ1) is 10.6. The number of carbonyl (C=O) groups excluding carboxylic acids is 1. The molecule has 1 amide bonds. The van der Waals surface area contributed by atoms with Gasteiger partial charge in [-0.2, -0.15) is 0 Å². The molecule has 1 fully saturated rings. The third kappa shape index (κ3) is 4.89. The Hall–Kier alpha value is -1.26. The minimum absolute atomic E-state index is 0.0993. The van der Waals surface area contributed by atoms with Crippen molar-refractivity contribution in [2.75, 3.05) is 6.61 Å². The molecule has 1 N–H and O–H groups in total. The molecule has 0 heterocycles. The Balaban J connectivity index is 1.77. The molecule has 0 radical (unpaired) electrons. The van der Waals surface area contributed by atoms with Crippen molar-refractivity contribution in [3.05, 3.63) is 33.8 Å². The highest BCUT2D eigenvalue weighted by atomic mass is 35.5. The quantitative estimate of drug-likeness (QED) is 0.648. The van der Waals surface area contributed by atoms with Crippen LogP contribution < -0.4 is 5.32 Å². The summed E-state index contributed by atoms with van der Waals surface area (Å²) in [5.74, 6) is 0.375. The number of benzene rings is 1. The van der Waals surface area contributed by atoms with E-state index in [1.807, 2.05) is 0 Å². The summed E-state index contributed by atoms with van der Waals surface area (Å²) >= 11 is 11.9. The number of hydrogen-bond donors (Lipinski definition) is 1. The number of amides is 1. The Morgan fingerprint density at radius 3 is 2.95 bits per heavy atom. The van der Waals surface area contributed by atoms with Gasteiger partial charge < -0.3 is 10.2 Å². The molecule has 120 valence electrons. The number of carbonyl (C=O) groups is 1. The van der Waals surface area contributed by atoms with Crippen LogP contribution in [0.2, 0.25) is 10.0 Å². The van der Waals surface area contributed by atoms with Gasteiger partial charge in [0.05, 0.1) is 16.3 Å². The summed E-state index contributed by atoms with van der Waals surface area (Å²) in [6.07, 6.45) is 6.06. The van der Waals surface area contributed by atoms with Gasteiger partial charge in [0.15, 0.2) is 6.61 Å². The lowest BCUT2D eigenvalue weighted by Gasteiger charge is -2.29. The average Bonchev–Trinajstić information content (AvgIpc) is 2.50. The van der Waals surface area contributed by atoms with E-state index in [0.29, 0.717) is 21.5 Å². The number of halogens is 2. The van der Waals surface area contributed by atoms with Crippen molar-refractivity contribution in [3.63, 3.8) is 0 Å². The van der Waals surface area contributed by atoms with E-state index in [0.717, 1.165) is 12.8 Å². The lowest BCUT2D eigenvalue weighted by atomic mass is 9.86. The summed E-state index contributed by atoms with van der Waals surface area (Å²) < 4.78 is 0. The smallest absolute Gasteiger partial charge is 0.261 e. The molecule has 1 saturated carbocycles. The zero-order chi connectivity index (χ0) is 15.9. The molecule has 4 nitrogen and oxygen atoms in total. The van der Waals surface area contributed by atoms with Crippen molar-refractivity contribution in [2.45, 2.75) is 38.6 Å². The molecule has 0 unspecified atom stereocenters. The first-order valence-corrected chi connectivity index (χ1v) is 8.22. The van der Waals surface area contributed by atoms with Crippen molar-refractivity contribution < 1.29 is 9.63 Å². The molecule has 2 atom stereocenters. The van der Waals surface area contributed by atoms with Crippen molar-refractivity contribution in [1.29, 1.82) is 0 Å². The fourth-order valence-corrected chi connectivity index (χ4v) is 2.95. The van der Waals surface area contributed by atoms with Crippen molar-refractivity contribution in [2.24, 2.45) is 11.1 Å². The van der Waals surface area contributed by atoms with Crippen LogP contribution in [-0.2, 0) is 9.63 Å². The summed E-state index contributed by atoms with van der Waals surface area (Å²) in [6, 6.07) is 5.48. The molecule has 0 bridgehead atoms. The van der Waals surface area contributed by atoms with Crippen LogP contribution in [-0.4, -0.2) is 24.8 Å². The summed E-state index contributed by atoms with van der Waals surface area (Å²) in [7, 11) is 0. The summed E-state index contributed by atoms with van der Waals surface area (Å²) in [6.45, 7) is 2.07. The monoisotopic (exact) mass is 342 g/mol. The van der Waals surface area contributed by atoms with Crippen LogP contribution in [0.15, 0.2) is 23.4 Å². The topological polar surface area (TPSA) is 50.7 Å². The van der Waals surface area contributed by atoms with E-state index >= 15 is 0 Å². The fourth-order valence-electron chi connectivity index (χ4n) is 2.59. The molecule has 1 aromatic rings. The van der Waals surface area contributed by atoms with Gasteiger partial charge in [-0.25, -0.2) is 0 Å². The Labute approximate surface area is 140 Å². The Morgan fingerprint density at radius 1 is 1.41 bits per heavy atom. The second-order valence-electron chi connectivity index (χ2n) is 5.59. The second kappa shape index (κ2) is 8.39.